The van der Waals surface area contributed by atoms with Gasteiger partial charge in [0.25, 0.3) is 0 Å². The first-order valence-corrected chi connectivity index (χ1v) is 7.11. The van der Waals surface area contributed by atoms with Gasteiger partial charge in [0.15, 0.2) is 0 Å². The van der Waals surface area contributed by atoms with Crippen molar-refractivity contribution in [2.24, 2.45) is 13.0 Å². The largest absolute Gasteiger partial charge is 0.480 e. The number of halogens is 1. The number of amides is 2. The van der Waals surface area contributed by atoms with Crippen molar-refractivity contribution in [2.45, 2.75) is 38.8 Å². The molecule has 1 aromatic heterocycles. The number of carboxylic acid groups (broad SMARTS) is 1. The monoisotopic (exact) mass is 314 g/mol. The zero-order valence-electron chi connectivity index (χ0n) is 12.2. The molecule has 0 spiro atoms. The van der Waals surface area contributed by atoms with Crippen LogP contribution >= 0.6 is 11.6 Å². The molecule has 0 saturated heterocycles. The molecule has 21 heavy (non-hydrogen) atoms. The van der Waals surface area contributed by atoms with Gasteiger partial charge in [0.1, 0.15) is 5.54 Å². The number of urea groups is 1. The lowest BCUT2D eigenvalue weighted by Crippen LogP contribution is -2.56. The van der Waals surface area contributed by atoms with E-state index in [1.165, 1.54) is 6.92 Å². The van der Waals surface area contributed by atoms with Crippen LogP contribution in [-0.2, 0) is 18.4 Å². The van der Waals surface area contributed by atoms with E-state index in [1.54, 1.807) is 18.7 Å². The molecule has 0 radical (unpaired) electrons. The van der Waals surface area contributed by atoms with Gasteiger partial charge in [-0.15, -0.1) is 0 Å². The van der Waals surface area contributed by atoms with Crippen molar-refractivity contribution < 1.29 is 14.7 Å². The second kappa shape index (κ2) is 5.55. The molecule has 8 heteroatoms. The van der Waals surface area contributed by atoms with E-state index in [-0.39, 0.29) is 12.5 Å². The van der Waals surface area contributed by atoms with Gasteiger partial charge >= 0.3 is 12.0 Å². The van der Waals surface area contributed by atoms with Gasteiger partial charge < -0.3 is 15.7 Å². The summed E-state index contributed by atoms with van der Waals surface area (Å²) in [6, 6.07) is -0.526. The molecule has 1 aliphatic rings. The van der Waals surface area contributed by atoms with Crippen LogP contribution in [0, 0.1) is 12.8 Å². The van der Waals surface area contributed by atoms with E-state index in [0.717, 1.165) is 12.8 Å². The minimum atomic E-state index is -1.23. The Morgan fingerprint density at radius 1 is 1.52 bits per heavy atom. The summed E-state index contributed by atoms with van der Waals surface area (Å²) in [6.07, 6.45) is 1.63. The zero-order chi connectivity index (χ0) is 15.8. The van der Waals surface area contributed by atoms with Crippen molar-refractivity contribution in [1.82, 2.24) is 20.4 Å². The highest BCUT2D eigenvalue weighted by Crippen LogP contribution is 2.39. The Balaban J connectivity index is 1.97. The van der Waals surface area contributed by atoms with E-state index >= 15 is 0 Å². The summed E-state index contributed by atoms with van der Waals surface area (Å²) in [5.41, 5.74) is 0.133. The fourth-order valence-electron chi connectivity index (χ4n) is 2.31. The van der Waals surface area contributed by atoms with Crippen LogP contribution in [0.25, 0.3) is 0 Å². The molecule has 1 aliphatic carbocycles. The maximum absolute atomic E-state index is 11.9. The average Bonchev–Trinajstić information content (AvgIpc) is 3.19. The molecule has 0 aromatic carbocycles. The Labute approximate surface area is 127 Å². The predicted octanol–water partition coefficient (Wildman–Crippen LogP) is 1.43. The third-order valence-corrected chi connectivity index (χ3v) is 4.38. The molecule has 2 amide bonds. The number of carboxylic acids is 1. The van der Waals surface area contributed by atoms with Gasteiger partial charge in [-0.05, 0) is 32.6 Å². The maximum atomic E-state index is 11.9. The van der Waals surface area contributed by atoms with Gasteiger partial charge in [0.2, 0.25) is 0 Å². The number of aromatic nitrogens is 2. The molecule has 7 nitrogen and oxygen atoms in total. The lowest BCUT2D eigenvalue weighted by molar-refractivity contribution is -0.144. The fraction of sp³-hybridized carbons (Fsp3) is 0.615. The zero-order valence-corrected chi connectivity index (χ0v) is 13.0. The molecule has 1 fully saturated rings. The lowest BCUT2D eigenvalue weighted by atomic mass is 9.96. The third-order valence-electron chi connectivity index (χ3n) is 3.89. The number of nitrogens with zero attached hydrogens (tertiary/aromatic N) is 2. The molecule has 3 N–H and O–H groups in total. The van der Waals surface area contributed by atoms with Crippen LogP contribution in [0.15, 0.2) is 0 Å². The van der Waals surface area contributed by atoms with E-state index in [0.29, 0.717) is 16.4 Å². The second-order valence-electron chi connectivity index (χ2n) is 5.56. The fourth-order valence-corrected chi connectivity index (χ4v) is 2.53. The summed E-state index contributed by atoms with van der Waals surface area (Å²) in [7, 11) is 1.74. The molecule has 1 aromatic rings. The van der Waals surface area contributed by atoms with E-state index in [2.05, 4.69) is 15.7 Å². The van der Waals surface area contributed by atoms with Crippen LogP contribution in [0.5, 0.6) is 0 Å². The summed E-state index contributed by atoms with van der Waals surface area (Å²) in [5.74, 6) is -1.03. The molecular formula is C13H19ClN4O3. The molecule has 116 valence electrons. The Hall–Kier alpha value is -1.76. The van der Waals surface area contributed by atoms with Crippen LogP contribution in [0.2, 0.25) is 5.02 Å². The number of aliphatic carboxylic acids is 1. The highest BCUT2D eigenvalue weighted by atomic mass is 35.5. The molecule has 0 aliphatic heterocycles. The van der Waals surface area contributed by atoms with Crippen LogP contribution in [0.3, 0.4) is 0 Å². The molecule has 2 rings (SSSR count). The highest BCUT2D eigenvalue weighted by molar-refractivity contribution is 6.31. The summed E-state index contributed by atoms with van der Waals surface area (Å²) >= 11 is 6.09. The van der Waals surface area contributed by atoms with Crippen molar-refractivity contribution in [3.8, 4) is 0 Å². The summed E-state index contributed by atoms with van der Waals surface area (Å²) in [6.45, 7) is 3.50. The maximum Gasteiger partial charge on any atom is 0.329 e. The van der Waals surface area contributed by atoms with Gasteiger partial charge in [-0.1, -0.05) is 11.6 Å². The number of carbonyl (C=O) groups is 2. The minimum absolute atomic E-state index is 0.0108. The Morgan fingerprint density at radius 2 is 2.14 bits per heavy atom. The van der Waals surface area contributed by atoms with E-state index < -0.39 is 17.5 Å². The van der Waals surface area contributed by atoms with E-state index in [4.69, 9.17) is 11.6 Å². The van der Waals surface area contributed by atoms with Gasteiger partial charge in [0, 0.05) is 7.05 Å². The number of hydrogen-bond acceptors (Lipinski definition) is 3. The topological polar surface area (TPSA) is 96.3 Å². The van der Waals surface area contributed by atoms with Crippen LogP contribution in [0.1, 0.15) is 31.2 Å². The SMILES string of the molecule is Cc1nn(C)c(CNC(=O)NC(C)(C(=O)O)C2CC2)c1Cl. The van der Waals surface area contributed by atoms with E-state index in [1.807, 2.05) is 0 Å². The van der Waals surface area contributed by atoms with Crippen molar-refractivity contribution in [3.63, 3.8) is 0 Å². The van der Waals surface area contributed by atoms with Crippen molar-refractivity contribution in [1.29, 1.82) is 0 Å². The van der Waals surface area contributed by atoms with Gasteiger partial charge in [0.05, 0.1) is 23.0 Å². The minimum Gasteiger partial charge on any atom is -0.480 e. The summed E-state index contributed by atoms with van der Waals surface area (Å²) in [5, 5.41) is 19.1. The Kier molecular flexibility index (Phi) is 4.13. The summed E-state index contributed by atoms with van der Waals surface area (Å²) < 4.78 is 1.59. The summed E-state index contributed by atoms with van der Waals surface area (Å²) in [4.78, 5) is 23.3. The predicted molar refractivity (Wildman–Crippen MR) is 77.1 cm³/mol. The van der Waals surface area contributed by atoms with E-state index in [9.17, 15) is 14.7 Å². The molecule has 1 saturated carbocycles. The number of aryl methyl sites for hydroxylation is 2. The molecular weight excluding hydrogens is 296 g/mol. The number of nitrogens with one attached hydrogen (secondary N) is 2. The van der Waals surface area contributed by atoms with Crippen molar-refractivity contribution >= 4 is 23.6 Å². The molecule has 1 atom stereocenters. The van der Waals surface area contributed by atoms with Crippen molar-refractivity contribution in [3.05, 3.63) is 16.4 Å². The standard InChI is InChI=1S/C13H19ClN4O3/c1-7-10(14)9(18(3)17-7)6-15-12(21)16-13(2,11(19)20)8-4-5-8/h8H,4-6H2,1-3H3,(H,19,20)(H2,15,16,21). The first-order chi connectivity index (χ1) is 9.75. The van der Waals surface area contributed by atoms with Gasteiger partial charge in [-0.3, -0.25) is 4.68 Å². The van der Waals surface area contributed by atoms with Crippen molar-refractivity contribution in [2.75, 3.05) is 0 Å². The lowest BCUT2D eigenvalue weighted by Gasteiger charge is -2.26. The Morgan fingerprint density at radius 3 is 2.57 bits per heavy atom. The van der Waals surface area contributed by atoms with Gasteiger partial charge in [-0.2, -0.15) is 5.10 Å². The molecule has 0 bridgehead atoms. The smallest absolute Gasteiger partial charge is 0.329 e. The quantitative estimate of drug-likeness (QED) is 0.766. The molecule has 1 heterocycles. The molecule has 1 unspecified atom stereocenters. The second-order valence-corrected chi connectivity index (χ2v) is 5.94. The number of rotatable bonds is 5. The first kappa shape index (κ1) is 15.6. The van der Waals surface area contributed by atoms with Crippen LogP contribution in [-0.4, -0.2) is 32.4 Å². The first-order valence-electron chi connectivity index (χ1n) is 6.73. The highest BCUT2D eigenvalue weighted by Gasteiger charge is 2.48. The third kappa shape index (κ3) is 3.12. The van der Waals surface area contributed by atoms with Crippen LogP contribution < -0.4 is 10.6 Å². The van der Waals surface area contributed by atoms with Gasteiger partial charge in [-0.25, -0.2) is 9.59 Å². The number of hydrogen-bond donors (Lipinski definition) is 3. The van der Waals surface area contributed by atoms with Crippen LogP contribution in [0.4, 0.5) is 4.79 Å². The normalized spacial score (nSPS) is 17.1. The number of carbonyl (C=O) groups excluding carboxylic acids is 1. The average molecular weight is 315 g/mol. The Bertz CT molecular complexity index is 582.